The number of hydrogen-bond acceptors (Lipinski definition) is 9. The van der Waals surface area contributed by atoms with Crippen LogP contribution >= 0.6 is 11.8 Å². The van der Waals surface area contributed by atoms with Crippen LogP contribution in [0.4, 0.5) is 5.82 Å². The molecule has 0 radical (unpaired) electrons. The fraction of sp³-hybridized carbons (Fsp3) is 0.581. The number of imidazole rings is 1. The summed E-state index contributed by atoms with van der Waals surface area (Å²) in [5.74, 6) is 3.32. The molecule has 1 aromatic carbocycles. The van der Waals surface area contributed by atoms with Crippen LogP contribution in [0, 0.1) is 0 Å². The lowest BCUT2D eigenvalue weighted by Crippen LogP contribution is -2.40. The maximum absolute atomic E-state index is 8.75. The number of fused-ring (bicyclic) bond motifs is 1. The van der Waals surface area contributed by atoms with Gasteiger partial charge < -0.3 is 31.1 Å². The van der Waals surface area contributed by atoms with Crippen molar-refractivity contribution >= 4 is 28.7 Å². The molecule has 2 unspecified atom stereocenters. The molecular formula is C31H49N7O2S. The van der Waals surface area contributed by atoms with Crippen molar-refractivity contribution < 1.29 is 10.2 Å². The van der Waals surface area contributed by atoms with Gasteiger partial charge in [0.2, 0.25) is 0 Å². The van der Waals surface area contributed by atoms with Crippen LogP contribution in [0.1, 0.15) is 70.8 Å². The number of aryl methyl sites for hydroxylation is 1. The van der Waals surface area contributed by atoms with E-state index in [0.717, 1.165) is 62.6 Å². The molecule has 0 saturated heterocycles. The quantitative estimate of drug-likeness (QED) is 0.163. The number of hydrogen-bond donors (Lipinski definition) is 6. The van der Waals surface area contributed by atoms with E-state index < -0.39 is 12.2 Å². The molecule has 0 bridgehead atoms. The van der Waals surface area contributed by atoms with Crippen LogP contribution in [-0.2, 0) is 6.42 Å². The lowest BCUT2D eigenvalue weighted by molar-refractivity contribution is 0.0438. The molecule has 2 aromatic heterocycles. The number of anilines is 1. The molecular weight excluding hydrogens is 534 g/mol. The first-order chi connectivity index (χ1) is 20.0. The van der Waals surface area contributed by atoms with Gasteiger partial charge in [0.15, 0.2) is 11.5 Å². The van der Waals surface area contributed by atoms with E-state index in [1.807, 2.05) is 17.8 Å². The molecule has 2 aliphatic carbocycles. The van der Waals surface area contributed by atoms with Gasteiger partial charge in [-0.25, -0.2) is 15.0 Å². The Morgan fingerprint density at radius 1 is 0.951 bits per heavy atom. The smallest absolute Gasteiger partial charge is 0.182 e. The van der Waals surface area contributed by atoms with Crippen LogP contribution in [-0.4, -0.2) is 73.5 Å². The Morgan fingerprint density at radius 2 is 1.68 bits per heavy atom. The van der Waals surface area contributed by atoms with E-state index in [0.29, 0.717) is 5.65 Å². The largest absolute Gasteiger partial charge is 0.390 e. The molecule has 5 rings (SSSR count). The molecule has 0 aliphatic heterocycles. The van der Waals surface area contributed by atoms with Crippen molar-refractivity contribution in [1.29, 1.82) is 0 Å². The number of aromatic amines is 1. The number of aliphatic hydroxyl groups is 2. The molecule has 2 aliphatic rings. The van der Waals surface area contributed by atoms with Crippen molar-refractivity contribution in [1.82, 2.24) is 30.6 Å². The molecule has 0 amide bonds. The molecule has 6 N–H and O–H groups in total. The molecule has 2 saturated carbocycles. The molecule has 2 atom stereocenters. The minimum Gasteiger partial charge on any atom is -0.390 e. The molecule has 2 fully saturated rings. The third-order valence-corrected chi connectivity index (χ3v) is 7.92. The van der Waals surface area contributed by atoms with Gasteiger partial charge in [0, 0.05) is 19.1 Å². The summed E-state index contributed by atoms with van der Waals surface area (Å²) in [7, 11) is 0. The zero-order valence-electron chi connectivity index (χ0n) is 24.9. The van der Waals surface area contributed by atoms with Crippen LogP contribution in [0.25, 0.3) is 11.2 Å². The maximum atomic E-state index is 8.75. The van der Waals surface area contributed by atoms with E-state index in [9.17, 15) is 0 Å². The lowest BCUT2D eigenvalue weighted by atomic mass is 9.93. The Labute approximate surface area is 249 Å². The maximum Gasteiger partial charge on any atom is 0.182 e. The Bertz CT molecular complexity index is 1140. The van der Waals surface area contributed by atoms with Gasteiger partial charge >= 0.3 is 0 Å². The highest BCUT2D eigenvalue weighted by Crippen LogP contribution is 2.19. The lowest BCUT2D eigenvalue weighted by Gasteiger charge is -2.30. The Hall–Kier alpha value is -2.82. The second-order valence-corrected chi connectivity index (χ2v) is 11.8. The van der Waals surface area contributed by atoms with Crippen LogP contribution in [0.15, 0.2) is 54.4 Å². The van der Waals surface area contributed by atoms with Crippen LogP contribution in [0.5, 0.6) is 0 Å². The van der Waals surface area contributed by atoms with Gasteiger partial charge in [0.05, 0.1) is 24.4 Å². The minimum atomic E-state index is -0.431. The first-order valence-corrected chi connectivity index (χ1v) is 16.3. The van der Waals surface area contributed by atoms with Gasteiger partial charge in [0.1, 0.15) is 11.8 Å². The van der Waals surface area contributed by atoms with Gasteiger partial charge in [-0.2, -0.15) is 11.8 Å². The highest BCUT2D eigenvalue weighted by atomic mass is 32.2. The highest BCUT2D eigenvalue weighted by molar-refractivity contribution is 7.98. The fourth-order valence-electron chi connectivity index (χ4n) is 4.52. The van der Waals surface area contributed by atoms with E-state index in [1.54, 1.807) is 6.33 Å². The topological polar surface area (TPSA) is 131 Å². The monoisotopic (exact) mass is 583 g/mol. The second-order valence-electron chi connectivity index (χ2n) is 10.8. The average Bonchev–Trinajstić information content (AvgIpc) is 3.59. The first-order valence-electron chi connectivity index (χ1n) is 14.9. The van der Waals surface area contributed by atoms with E-state index in [1.165, 1.54) is 54.7 Å². The van der Waals surface area contributed by atoms with E-state index in [-0.39, 0.29) is 0 Å². The summed E-state index contributed by atoms with van der Waals surface area (Å²) in [4.78, 5) is 15.5. The number of aliphatic hydroxyl groups excluding tert-OH is 2. The second kappa shape index (κ2) is 18.6. The van der Waals surface area contributed by atoms with Crippen LogP contribution in [0.3, 0.4) is 0 Å². The molecule has 3 aromatic rings. The number of benzene rings is 1. The molecule has 2 heterocycles. The number of H-pyrrole nitrogens is 1. The van der Waals surface area contributed by atoms with Crippen LogP contribution in [0.2, 0.25) is 0 Å². The first kappa shape index (κ1) is 32.7. The molecule has 41 heavy (non-hydrogen) atoms. The van der Waals surface area contributed by atoms with E-state index in [2.05, 4.69) is 80.3 Å². The van der Waals surface area contributed by atoms with Gasteiger partial charge in [-0.05, 0) is 94.8 Å². The zero-order valence-corrected chi connectivity index (χ0v) is 25.7. The predicted molar refractivity (Wildman–Crippen MR) is 171 cm³/mol. The highest BCUT2D eigenvalue weighted by Gasteiger charge is 2.21. The summed E-state index contributed by atoms with van der Waals surface area (Å²) < 4.78 is 0. The summed E-state index contributed by atoms with van der Waals surface area (Å²) in [6.07, 6.45) is 14.4. The summed E-state index contributed by atoms with van der Waals surface area (Å²) in [6.45, 7) is 6.30. The predicted octanol–water partition coefficient (Wildman–Crippen LogP) is 5.01. The summed E-state index contributed by atoms with van der Waals surface area (Å²) in [6, 6.07) is 11.2. The van der Waals surface area contributed by atoms with Crippen molar-refractivity contribution in [3.63, 3.8) is 0 Å². The van der Waals surface area contributed by atoms with Crippen LogP contribution < -0.4 is 16.0 Å². The summed E-state index contributed by atoms with van der Waals surface area (Å²) in [5.41, 5.74) is 4.28. The van der Waals surface area contributed by atoms with Crippen molar-refractivity contribution in [2.24, 2.45) is 0 Å². The minimum absolute atomic E-state index is 0.431. The number of nitrogens with one attached hydrogen (secondary N) is 4. The number of aromatic nitrogens is 4. The summed E-state index contributed by atoms with van der Waals surface area (Å²) >= 11 is 1.91. The van der Waals surface area contributed by atoms with Crippen molar-refractivity contribution in [3.8, 4) is 0 Å². The normalized spacial score (nSPS) is 17.9. The van der Waals surface area contributed by atoms with Gasteiger partial charge in [0.25, 0.3) is 0 Å². The SMILES string of the molecule is CSCCCNC(NC1CCC1)=C(C)C.OC1CCCC1O.c1ccc(CCCNc2ncnc3nc[nH]c23)cc1. The molecule has 9 nitrogen and oxygen atoms in total. The third kappa shape index (κ3) is 11.9. The van der Waals surface area contributed by atoms with Gasteiger partial charge in [-0.15, -0.1) is 0 Å². The fourth-order valence-corrected chi connectivity index (χ4v) is 4.96. The number of thioether (sulfide) groups is 1. The number of allylic oxidation sites excluding steroid dienone is 1. The van der Waals surface area contributed by atoms with Gasteiger partial charge in [-0.1, -0.05) is 30.3 Å². The number of rotatable bonds is 12. The molecule has 10 heteroatoms. The third-order valence-electron chi connectivity index (χ3n) is 7.23. The van der Waals surface area contributed by atoms with Crippen molar-refractivity contribution in [3.05, 3.63) is 59.9 Å². The Morgan fingerprint density at radius 3 is 2.29 bits per heavy atom. The van der Waals surface area contributed by atoms with E-state index >= 15 is 0 Å². The molecule has 0 spiro atoms. The molecule has 226 valence electrons. The Balaban J connectivity index is 0.000000187. The standard InChI is InChI=1S/C14H15N5.C12H24N2S.C5H10O2/c1-2-5-11(6-3-1)7-4-8-15-13-12-14(17-9-16-12)19-10-18-13;1-10(2)12(13-8-5-9-15-3)14-11-6-4-7-11;6-4-2-1-3-5(4)7/h1-3,5-6,9-10H,4,7-8H2,(H2,15,16,17,18,19);11,13-14H,4-9H2,1-3H3;4-7H,1-3H2. The Kier molecular flexibility index (Phi) is 14.8. The van der Waals surface area contributed by atoms with E-state index in [4.69, 9.17) is 10.2 Å². The zero-order chi connectivity index (χ0) is 29.3. The average molecular weight is 584 g/mol. The van der Waals surface area contributed by atoms with Crippen molar-refractivity contribution in [2.45, 2.75) is 89.9 Å². The van der Waals surface area contributed by atoms with Gasteiger partial charge in [-0.3, -0.25) is 0 Å². The summed E-state index contributed by atoms with van der Waals surface area (Å²) in [5, 5.41) is 27.9. The van der Waals surface area contributed by atoms with Crippen molar-refractivity contribution in [2.75, 3.05) is 30.4 Å². The number of nitrogens with zero attached hydrogens (tertiary/aromatic N) is 3.